The van der Waals surface area contributed by atoms with Crippen LogP contribution in [0.2, 0.25) is 0 Å². The van der Waals surface area contributed by atoms with E-state index in [1.54, 1.807) is 12.3 Å². The third-order valence-electron chi connectivity index (χ3n) is 7.62. The van der Waals surface area contributed by atoms with Crippen LogP contribution in [0.25, 0.3) is 22.0 Å². The van der Waals surface area contributed by atoms with Crippen LogP contribution in [0.4, 0.5) is 10.2 Å². The molecule has 2 fully saturated rings. The van der Waals surface area contributed by atoms with Crippen LogP contribution >= 0.6 is 0 Å². The number of aromatic nitrogens is 5. The van der Waals surface area contributed by atoms with Gasteiger partial charge in [0.25, 0.3) is 0 Å². The van der Waals surface area contributed by atoms with E-state index in [-0.39, 0.29) is 5.82 Å². The zero-order valence-corrected chi connectivity index (χ0v) is 19.5. The predicted molar refractivity (Wildman–Crippen MR) is 131 cm³/mol. The van der Waals surface area contributed by atoms with Crippen LogP contribution in [-0.4, -0.2) is 61.7 Å². The van der Waals surface area contributed by atoms with Gasteiger partial charge in [0.15, 0.2) is 5.82 Å². The molecule has 8 heteroatoms. The Hall–Kier alpha value is -3.26. The van der Waals surface area contributed by atoms with Gasteiger partial charge in [-0.3, -0.25) is 9.58 Å². The van der Waals surface area contributed by atoms with Crippen molar-refractivity contribution in [2.75, 3.05) is 31.1 Å². The van der Waals surface area contributed by atoms with E-state index in [2.05, 4.69) is 35.9 Å². The van der Waals surface area contributed by atoms with Crippen molar-refractivity contribution < 1.29 is 4.39 Å². The Morgan fingerprint density at radius 3 is 2.50 bits per heavy atom. The first-order valence-electron chi connectivity index (χ1n) is 12.2. The van der Waals surface area contributed by atoms with Gasteiger partial charge in [0.05, 0.1) is 17.9 Å². The molecule has 0 bridgehead atoms. The number of fused-ring (bicyclic) bond motifs is 1. The van der Waals surface area contributed by atoms with Gasteiger partial charge in [-0.15, -0.1) is 5.10 Å². The maximum Gasteiger partial charge on any atom is 0.159 e. The summed E-state index contributed by atoms with van der Waals surface area (Å²) >= 11 is 0. The van der Waals surface area contributed by atoms with Crippen LogP contribution in [-0.2, 0) is 7.05 Å². The molecule has 1 aliphatic carbocycles. The summed E-state index contributed by atoms with van der Waals surface area (Å²) in [6.45, 7) is 3.98. The highest BCUT2D eigenvalue weighted by Crippen LogP contribution is 2.35. The first-order valence-corrected chi connectivity index (χ1v) is 12.2. The van der Waals surface area contributed by atoms with Gasteiger partial charge in [-0.05, 0) is 49.9 Å². The fourth-order valence-electron chi connectivity index (χ4n) is 5.81. The molecule has 0 spiro atoms. The quantitative estimate of drug-likeness (QED) is 0.456. The molecule has 7 nitrogen and oxygen atoms in total. The molecule has 176 valence electrons. The van der Waals surface area contributed by atoms with Gasteiger partial charge in [-0.2, -0.15) is 10.2 Å². The first-order chi connectivity index (χ1) is 16.7. The standard InChI is InChI=1S/C26H30FN7/c1-31-18-19(17-29-31)22-9-11-28-30-26(22)33-15-13-32(14-16-33)20-5-7-21(8-6-20)34-12-10-23-24(27)3-2-4-25(23)34/h2-4,9-12,17-18,20-21H,5-8,13-16H2,1H3/t20-,21+. The molecule has 0 radical (unpaired) electrons. The number of halogens is 1. The highest BCUT2D eigenvalue weighted by molar-refractivity contribution is 5.80. The summed E-state index contributed by atoms with van der Waals surface area (Å²) < 4.78 is 18.2. The molecule has 0 unspecified atom stereocenters. The molecular weight excluding hydrogens is 429 g/mol. The summed E-state index contributed by atoms with van der Waals surface area (Å²) in [6, 6.07) is 10.4. The van der Waals surface area contributed by atoms with E-state index in [0.717, 1.165) is 66.9 Å². The van der Waals surface area contributed by atoms with E-state index in [4.69, 9.17) is 0 Å². The lowest BCUT2D eigenvalue weighted by molar-refractivity contribution is 0.131. The van der Waals surface area contributed by atoms with Crippen LogP contribution in [0, 0.1) is 5.82 Å². The molecule has 4 aromatic rings. The molecule has 1 aromatic carbocycles. The Kier molecular flexibility index (Phi) is 5.53. The molecular formula is C26H30FN7. The van der Waals surface area contributed by atoms with Crippen molar-refractivity contribution in [1.29, 1.82) is 0 Å². The van der Waals surface area contributed by atoms with Crippen molar-refractivity contribution in [3.05, 3.63) is 60.9 Å². The monoisotopic (exact) mass is 459 g/mol. The normalized spacial score (nSPS) is 21.9. The van der Waals surface area contributed by atoms with Gasteiger partial charge in [0.2, 0.25) is 0 Å². The number of piperazine rings is 1. The molecule has 0 N–H and O–H groups in total. The second kappa shape index (κ2) is 8.83. The van der Waals surface area contributed by atoms with Gasteiger partial charge in [0.1, 0.15) is 5.82 Å². The number of nitrogens with zero attached hydrogens (tertiary/aromatic N) is 7. The van der Waals surface area contributed by atoms with Gasteiger partial charge >= 0.3 is 0 Å². The van der Waals surface area contributed by atoms with Crippen molar-refractivity contribution in [2.45, 2.75) is 37.8 Å². The minimum atomic E-state index is -0.127. The minimum Gasteiger partial charge on any atom is -0.352 e. The highest BCUT2D eigenvalue weighted by atomic mass is 19.1. The van der Waals surface area contributed by atoms with Gasteiger partial charge < -0.3 is 9.47 Å². The van der Waals surface area contributed by atoms with Gasteiger partial charge in [-0.1, -0.05) is 6.07 Å². The zero-order chi connectivity index (χ0) is 23.1. The molecule has 4 heterocycles. The first kappa shape index (κ1) is 21.3. The molecule has 0 atom stereocenters. The van der Waals surface area contributed by atoms with E-state index in [1.807, 2.05) is 48.4 Å². The maximum absolute atomic E-state index is 14.1. The molecule has 1 aliphatic heterocycles. The molecule has 0 amide bonds. The van der Waals surface area contributed by atoms with Crippen molar-refractivity contribution in [2.24, 2.45) is 7.05 Å². The Labute approximate surface area is 198 Å². The number of anilines is 1. The Morgan fingerprint density at radius 2 is 1.74 bits per heavy atom. The number of rotatable bonds is 4. The number of benzene rings is 1. The molecule has 1 saturated carbocycles. The van der Waals surface area contributed by atoms with Crippen LogP contribution in [0.3, 0.4) is 0 Å². The van der Waals surface area contributed by atoms with Crippen LogP contribution in [0.5, 0.6) is 0 Å². The van der Waals surface area contributed by atoms with Crippen molar-refractivity contribution in [1.82, 2.24) is 29.4 Å². The van der Waals surface area contributed by atoms with Crippen LogP contribution in [0.15, 0.2) is 55.1 Å². The average molecular weight is 460 g/mol. The highest BCUT2D eigenvalue weighted by Gasteiger charge is 2.30. The maximum atomic E-state index is 14.1. The molecule has 1 saturated heterocycles. The zero-order valence-electron chi connectivity index (χ0n) is 19.5. The molecule has 3 aromatic heterocycles. The largest absolute Gasteiger partial charge is 0.352 e. The number of hydrogen-bond acceptors (Lipinski definition) is 5. The van der Waals surface area contributed by atoms with Gasteiger partial charge in [-0.25, -0.2) is 4.39 Å². The summed E-state index contributed by atoms with van der Waals surface area (Å²) in [4.78, 5) is 5.01. The summed E-state index contributed by atoms with van der Waals surface area (Å²) in [5.41, 5.74) is 3.18. The fourth-order valence-corrected chi connectivity index (χ4v) is 5.81. The predicted octanol–water partition coefficient (Wildman–Crippen LogP) is 4.28. The third-order valence-corrected chi connectivity index (χ3v) is 7.62. The topological polar surface area (TPSA) is 55.0 Å². The van der Waals surface area contributed by atoms with Crippen molar-refractivity contribution in [3.63, 3.8) is 0 Å². The SMILES string of the molecule is Cn1cc(-c2ccnnc2N2CCN([C@H]3CC[C@@H](n4ccc5c(F)cccc54)CC3)CC2)cn1. The Bertz CT molecular complexity index is 1280. The summed E-state index contributed by atoms with van der Waals surface area (Å²) in [5, 5.41) is 13.7. The third kappa shape index (κ3) is 3.86. The van der Waals surface area contributed by atoms with E-state index < -0.39 is 0 Å². The van der Waals surface area contributed by atoms with E-state index in [0.29, 0.717) is 12.1 Å². The van der Waals surface area contributed by atoms with E-state index >= 15 is 0 Å². The van der Waals surface area contributed by atoms with Crippen molar-refractivity contribution >= 4 is 16.7 Å². The van der Waals surface area contributed by atoms with E-state index in [9.17, 15) is 4.39 Å². The lowest BCUT2D eigenvalue weighted by Gasteiger charge is -2.42. The summed E-state index contributed by atoms with van der Waals surface area (Å²) in [7, 11) is 1.93. The molecule has 6 rings (SSSR count). The summed E-state index contributed by atoms with van der Waals surface area (Å²) in [5.74, 6) is 0.822. The second-order valence-corrected chi connectivity index (χ2v) is 9.55. The smallest absolute Gasteiger partial charge is 0.159 e. The van der Waals surface area contributed by atoms with Crippen molar-refractivity contribution in [3.8, 4) is 11.1 Å². The Morgan fingerprint density at radius 1 is 0.941 bits per heavy atom. The van der Waals surface area contributed by atoms with E-state index in [1.165, 1.54) is 12.8 Å². The average Bonchev–Trinajstić information content (AvgIpc) is 3.52. The number of aryl methyl sites for hydroxylation is 1. The fraction of sp³-hybridized carbons (Fsp3) is 0.423. The summed E-state index contributed by atoms with van der Waals surface area (Å²) in [6.07, 6.45) is 12.4. The van der Waals surface area contributed by atoms with Gasteiger partial charge in [0, 0.05) is 74.2 Å². The number of hydrogen-bond donors (Lipinski definition) is 0. The minimum absolute atomic E-state index is 0.127. The van der Waals surface area contributed by atoms with Crippen LogP contribution < -0.4 is 4.90 Å². The molecule has 34 heavy (non-hydrogen) atoms. The lowest BCUT2D eigenvalue weighted by atomic mass is 9.89. The van der Waals surface area contributed by atoms with Crippen LogP contribution in [0.1, 0.15) is 31.7 Å². The molecule has 2 aliphatic rings. The lowest BCUT2D eigenvalue weighted by Crippen LogP contribution is -2.51. The Balaban J connectivity index is 1.09. The second-order valence-electron chi connectivity index (χ2n) is 9.55.